The molecule has 1 aromatic rings. The first-order chi connectivity index (χ1) is 7.71. The summed E-state index contributed by atoms with van der Waals surface area (Å²) in [6.07, 6.45) is 1.65. The quantitative estimate of drug-likeness (QED) is 0.812. The van der Waals surface area contributed by atoms with E-state index in [-0.39, 0.29) is 29.5 Å². The highest BCUT2D eigenvalue weighted by Gasteiger charge is 2.24. The van der Waals surface area contributed by atoms with E-state index in [2.05, 4.69) is 4.98 Å². The van der Waals surface area contributed by atoms with Crippen molar-refractivity contribution in [3.63, 3.8) is 0 Å². The predicted molar refractivity (Wildman–Crippen MR) is 70.0 cm³/mol. The molecule has 1 unspecified atom stereocenters. The summed E-state index contributed by atoms with van der Waals surface area (Å²) in [5, 5.41) is 0.395. The molecule has 1 aromatic heterocycles. The van der Waals surface area contributed by atoms with Crippen LogP contribution in [-0.4, -0.2) is 16.8 Å². The van der Waals surface area contributed by atoms with Gasteiger partial charge in [0.15, 0.2) is 5.78 Å². The van der Waals surface area contributed by atoms with Gasteiger partial charge in [-0.15, -0.1) is 0 Å². The number of rotatable bonds is 3. The SMILES string of the molecule is CC(C)(C)C(N)CC(=O)c1cc(Cl)cnc1N. The maximum Gasteiger partial charge on any atom is 0.168 e. The highest BCUT2D eigenvalue weighted by atomic mass is 35.5. The fourth-order valence-corrected chi connectivity index (χ4v) is 1.45. The lowest BCUT2D eigenvalue weighted by Crippen LogP contribution is -2.37. The van der Waals surface area contributed by atoms with E-state index >= 15 is 0 Å². The summed E-state index contributed by atoms with van der Waals surface area (Å²) >= 11 is 5.79. The number of nitrogens with two attached hydrogens (primary N) is 2. The first-order valence-corrected chi connectivity index (χ1v) is 5.79. The molecule has 5 heteroatoms. The van der Waals surface area contributed by atoms with Crippen molar-refractivity contribution in [2.24, 2.45) is 11.1 Å². The second-order valence-electron chi connectivity index (χ2n) is 5.19. The van der Waals surface area contributed by atoms with E-state index in [1.54, 1.807) is 0 Å². The molecule has 0 aliphatic carbocycles. The topological polar surface area (TPSA) is 82.0 Å². The van der Waals surface area contributed by atoms with Gasteiger partial charge < -0.3 is 11.5 Å². The van der Waals surface area contributed by atoms with E-state index in [0.717, 1.165) is 0 Å². The van der Waals surface area contributed by atoms with Crippen molar-refractivity contribution in [2.45, 2.75) is 33.2 Å². The number of hydrogen-bond donors (Lipinski definition) is 2. The highest BCUT2D eigenvalue weighted by Crippen LogP contribution is 2.23. The molecule has 0 aliphatic heterocycles. The number of carbonyl (C=O) groups excluding carboxylic acids is 1. The summed E-state index contributed by atoms with van der Waals surface area (Å²) in [6.45, 7) is 5.97. The molecular weight excluding hydrogens is 238 g/mol. The van der Waals surface area contributed by atoms with Crippen LogP contribution in [0.5, 0.6) is 0 Å². The molecular formula is C12H18ClN3O. The third-order valence-electron chi connectivity index (χ3n) is 2.70. The number of carbonyl (C=O) groups is 1. The van der Waals surface area contributed by atoms with Gasteiger partial charge >= 0.3 is 0 Å². The number of nitrogen functional groups attached to an aromatic ring is 1. The van der Waals surface area contributed by atoms with Crippen molar-refractivity contribution in [2.75, 3.05) is 5.73 Å². The Hall–Kier alpha value is -1.13. The molecule has 0 amide bonds. The summed E-state index contributed by atoms with van der Waals surface area (Å²) in [7, 11) is 0. The Morgan fingerprint density at radius 3 is 2.65 bits per heavy atom. The van der Waals surface area contributed by atoms with Crippen LogP contribution in [0.2, 0.25) is 5.02 Å². The zero-order valence-corrected chi connectivity index (χ0v) is 11.1. The molecule has 0 bridgehead atoms. The number of ketones is 1. The van der Waals surface area contributed by atoms with E-state index in [0.29, 0.717) is 10.6 Å². The molecule has 1 atom stereocenters. The summed E-state index contributed by atoms with van der Waals surface area (Å²) < 4.78 is 0. The first kappa shape index (κ1) is 13.9. The van der Waals surface area contributed by atoms with E-state index in [4.69, 9.17) is 23.1 Å². The first-order valence-electron chi connectivity index (χ1n) is 5.41. The Balaban J connectivity index is 2.87. The van der Waals surface area contributed by atoms with Crippen LogP contribution in [0.1, 0.15) is 37.6 Å². The second-order valence-corrected chi connectivity index (χ2v) is 5.62. The summed E-state index contributed by atoms with van der Waals surface area (Å²) in [4.78, 5) is 15.9. The summed E-state index contributed by atoms with van der Waals surface area (Å²) in [6, 6.07) is 1.30. The molecule has 0 aromatic carbocycles. The molecule has 1 heterocycles. The second kappa shape index (κ2) is 5.02. The fourth-order valence-electron chi connectivity index (χ4n) is 1.29. The average molecular weight is 256 g/mol. The number of halogens is 1. The van der Waals surface area contributed by atoms with Gasteiger partial charge in [-0.1, -0.05) is 32.4 Å². The Morgan fingerprint density at radius 2 is 2.12 bits per heavy atom. The molecule has 0 fully saturated rings. The molecule has 94 valence electrons. The van der Waals surface area contributed by atoms with Crippen molar-refractivity contribution in [3.05, 3.63) is 22.8 Å². The van der Waals surface area contributed by atoms with Gasteiger partial charge in [0.05, 0.1) is 10.6 Å². The molecule has 1 rings (SSSR count). The zero-order chi connectivity index (χ0) is 13.2. The van der Waals surface area contributed by atoms with Crippen LogP contribution >= 0.6 is 11.6 Å². The van der Waals surface area contributed by atoms with E-state index in [1.807, 2.05) is 20.8 Å². The number of Topliss-reactive ketones (excluding diaryl/α,β-unsaturated/α-hetero) is 1. The molecule has 0 aliphatic rings. The molecule has 4 N–H and O–H groups in total. The van der Waals surface area contributed by atoms with Crippen molar-refractivity contribution in [3.8, 4) is 0 Å². The lowest BCUT2D eigenvalue weighted by molar-refractivity contribution is 0.0954. The molecule has 17 heavy (non-hydrogen) atoms. The monoisotopic (exact) mass is 255 g/mol. The van der Waals surface area contributed by atoms with Gasteiger partial charge in [-0.3, -0.25) is 4.79 Å². The van der Waals surface area contributed by atoms with Crippen LogP contribution in [0, 0.1) is 5.41 Å². The van der Waals surface area contributed by atoms with Gasteiger partial charge in [0.25, 0.3) is 0 Å². The predicted octanol–water partition coefficient (Wildman–Crippen LogP) is 2.26. The van der Waals surface area contributed by atoms with Crippen LogP contribution in [0.3, 0.4) is 0 Å². The van der Waals surface area contributed by atoms with Gasteiger partial charge in [-0.2, -0.15) is 0 Å². The van der Waals surface area contributed by atoms with Crippen molar-refractivity contribution in [1.82, 2.24) is 4.98 Å². The Bertz CT molecular complexity index is 426. The molecule has 0 spiro atoms. The maximum absolute atomic E-state index is 12.0. The van der Waals surface area contributed by atoms with Gasteiger partial charge in [0.2, 0.25) is 0 Å². The van der Waals surface area contributed by atoms with Crippen molar-refractivity contribution in [1.29, 1.82) is 0 Å². The molecule has 0 saturated heterocycles. The summed E-state index contributed by atoms with van der Waals surface area (Å²) in [5.74, 6) is 0.0698. The number of aromatic nitrogens is 1. The highest BCUT2D eigenvalue weighted by molar-refractivity contribution is 6.31. The Morgan fingerprint density at radius 1 is 1.53 bits per heavy atom. The third-order valence-corrected chi connectivity index (χ3v) is 2.91. The average Bonchev–Trinajstić information content (AvgIpc) is 2.20. The number of nitrogens with zero attached hydrogens (tertiary/aromatic N) is 1. The van der Waals surface area contributed by atoms with Crippen molar-refractivity contribution < 1.29 is 4.79 Å². The lowest BCUT2D eigenvalue weighted by atomic mass is 9.84. The van der Waals surface area contributed by atoms with Gasteiger partial charge in [0, 0.05) is 18.7 Å². The van der Waals surface area contributed by atoms with Crippen LogP contribution in [-0.2, 0) is 0 Å². The van der Waals surface area contributed by atoms with Crippen LogP contribution < -0.4 is 11.5 Å². The minimum Gasteiger partial charge on any atom is -0.383 e. The number of pyridine rings is 1. The Labute approximate surface area is 106 Å². The van der Waals surface area contributed by atoms with Gasteiger partial charge in [-0.25, -0.2) is 4.98 Å². The molecule has 0 radical (unpaired) electrons. The number of anilines is 1. The smallest absolute Gasteiger partial charge is 0.168 e. The van der Waals surface area contributed by atoms with Crippen molar-refractivity contribution >= 4 is 23.2 Å². The van der Waals surface area contributed by atoms with Gasteiger partial charge in [-0.05, 0) is 11.5 Å². The minimum atomic E-state index is -0.228. The molecule has 4 nitrogen and oxygen atoms in total. The van der Waals surface area contributed by atoms with Crippen LogP contribution in [0.4, 0.5) is 5.82 Å². The lowest BCUT2D eigenvalue weighted by Gasteiger charge is -2.26. The Kier molecular flexibility index (Phi) is 4.11. The minimum absolute atomic E-state index is 0.125. The summed E-state index contributed by atoms with van der Waals surface area (Å²) in [5.41, 5.74) is 11.8. The van der Waals surface area contributed by atoms with Gasteiger partial charge in [0.1, 0.15) is 5.82 Å². The molecule has 0 saturated carbocycles. The zero-order valence-electron chi connectivity index (χ0n) is 10.3. The maximum atomic E-state index is 12.0. The standard InChI is InChI=1S/C12H18ClN3O/c1-12(2,3)10(14)5-9(17)8-4-7(13)6-16-11(8)15/h4,6,10H,5,14H2,1-3H3,(H2,15,16). The van der Waals surface area contributed by atoms with E-state index in [1.165, 1.54) is 12.3 Å². The van der Waals surface area contributed by atoms with Crippen LogP contribution in [0.25, 0.3) is 0 Å². The third kappa shape index (κ3) is 3.68. The normalized spacial score (nSPS) is 13.5. The van der Waals surface area contributed by atoms with Crippen LogP contribution in [0.15, 0.2) is 12.3 Å². The fraction of sp³-hybridized carbons (Fsp3) is 0.500. The number of hydrogen-bond acceptors (Lipinski definition) is 4. The largest absolute Gasteiger partial charge is 0.383 e. The van der Waals surface area contributed by atoms with E-state index < -0.39 is 0 Å². The van der Waals surface area contributed by atoms with E-state index in [9.17, 15) is 4.79 Å².